The lowest BCUT2D eigenvalue weighted by Crippen LogP contribution is -2.41. The predicted octanol–water partition coefficient (Wildman–Crippen LogP) is 2.64. The molecule has 2 atom stereocenters. The minimum Gasteiger partial charge on any atom is -0.349 e. The second-order valence-corrected chi connectivity index (χ2v) is 5.30. The Labute approximate surface area is 115 Å². The predicted molar refractivity (Wildman–Crippen MR) is 77.8 cm³/mol. The van der Waals surface area contributed by atoms with Gasteiger partial charge in [0.15, 0.2) is 0 Å². The number of carbonyl (C=O) groups excluding carboxylic acids is 1. The van der Waals surface area contributed by atoms with Gasteiger partial charge >= 0.3 is 0 Å². The van der Waals surface area contributed by atoms with E-state index in [2.05, 4.69) is 29.7 Å². The Kier molecular flexibility index (Phi) is 5.40. The molecular weight excluding hydrogens is 236 g/mol. The topological polar surface area (TPSA) is 41.1 Å². The van der Waals surface area contributed by atoms with Crippen molar-refractivity contribution in [1.29, 1.82) is 0 Å². The molecule has 1 unspecified atom stereocenters. The average molecular weight is 260 g/mol. The Hall–Kier alpha value is -1.35. The molecule has 0 saturated carbocycles. The molecule has 0 spiro atoms. The van der Waals surface area contributed by atoms with E-state index in [1.165, 1.54) is 5.56 Å². The number of benzene rings is 1. The van der Waals surface area contributed by atoms with Gasteiger partial charge in [-0.1, -0.05) is 43.7 Å². The third-order valence-corrected chi connectivity index (χ3v) is 3.76. The van der Waals surface area contributed by atoms with Crippen LogP contribution in [0.5, 0.6) is 0 Å². The smallest absolute Gasteiger partial charge is 0.224 e. The van der Waals surface area contributed by atoms with Gasteiger partial charge in [0, 0.05) is 6.54 Å². The fourth-order valence-electron chi connectivity index (χ4n) is 2.66. The van der Waals surface area contributed by atoms with Crippen LogP contribution in [0, 0.1) is 5.92 Å². The van der Waals surface area contributed by atoms with Gasteiger partial charge in [-0.15, -0.1) is 0 Å². The van der Waals surface area contributed by atoms with Crippen molar-refractivity contribution in [1.82, 2.24) is 10.6 Å². The van der Waals surface area contributed by atoms with Crippen molar-refractivity contribution in [2.24, 2.45) is 5.92 Å². The summed E-state index contributed by atoms with van der Waals surface area (Å²) in [7, 11) is 0. The van der Waals surface area contributed by atoms with Crippen LogP contribution < -0.4 is 10.6 Å². The van der Waals surface area contributed by atoms with Gasteiger partial charge in [-0.2, -0.15) is 0 Å². The molecule has 0 bridgehead atoms. The monoisotopic (exact) mass is 260 g/mol. The van der Waals surface area contributed by atoms with E-state index in [4.69, 9.17) is 0 Å². The summed E-state index contributed by atoms with van der Waals surface area (Å²) in [6, 6.07) is 10.4. The Morgan fingerprint density at radius 1 is 1.42 bits per heavy atom. The van der Waals surface area contributed by atoms with Crippen molar-refractivity contribution in [2.75, 3.05) is 13.1 Å². The average Bonchev–Trinajstić information content (AvgIpc) is 2.48. The normalized spacial score (nSPS) is 20.8. The Bertz CT molecular complexity index is 385. The third kappa shape index (κ3) is 4.06. The van der Waals surface area contributed by atoms with Crippen LogP contribution in [0.3, 0.4) is 0 Å². The summed E-state index contributed by atoms with van der Waals surface area (Å²) in [6.45, 7) is 4.02. The third-order valence-electron chi connectivity index (χ3n) is 3.76. The summed E-state index contributed by atoms with van der Waals surface area (Å²) >= 11 is 0. The molecule has 1 aliphatic heterocycles. The van der Waals surface area contributed by atoms with E-state index in [1.807, 2.05) is 18.2 Å². The zero-order valence-electron chi connectivity index (χ0n) is 11.7. The first-order chi connectivity index (χ1) is 9.31. The lowest BCUT2D eigenvalue weighted by Gasteiger charge is -2.25. The SMILES string of the molecule is CCCC(NC(=O)[C@H]1CCCNC1)c1ccccc1. The van der Waals surface area contributed by atoms with E-state index in [1.54, 1.807) is 0 Å². The van der Waals surface area contributed by atoms with Crippen LogP contribution in [0.4, 0.5) is 0 Å². The first-order valence-electron chi connectivity index (χ1n) is 7.37. The first kappa shape index (κ1) is 14.1. The highest BCUT2D eigenvalue weighted by Crippen LogP contribution is 2.20. The van der Waals surface area contributed by atoms with E-state index in [-0.39, 0.29) is 17.9 Å². The highest BCUT2D eigenvalue weighted by Gasteiger charge is 2.23. The minimum absolute atomic E-state index is 0.136. The van der Waals surface area contributed by atoms with Crippen LogP contribution in [-0.2, 0) is 4.79 Å². The molecule has 19 heavy (non-hydrogen) atoms. The number of hydrogen-bond acceptors (Lipinski definition) is 2. The van der Waals surface area contributed by atoms with Gasteiger partial charge in [0.05, 0.1) is 12.0 Å². The molecule has 2 rings (SSSR count). The van der Waals surface area contributed by atoms with Crippen molar-refractivity contribution in [3.05, 3.63) is 35.9 Å². The maximum atomic E-state index is 12.3. The summed E-state index contributed by atoms with van der Waals surface area (Å²) in [6.07, 6.45) is 4.17. The van der Waals surface area contributed by atoms with Gasteiger partial charge in [-0.3, -0.25) is 4.79 Å². The molecule has 1 aromatic carbocycles. The zero-order chi connectivity index (χ0) is 13.5. The quantitative estimate of drug-likeness (QED) is 0.854. The maximum Gasteiger partial charge on any atom is 0.224 e. The fourth-order valence-corrected chi connectivity index (χ4v) is 2.66. The van der Waals surface area contributed by atoms with Crippen LogP contribution in [0.2, 0.25) is 0 Å². The van der Waals surface area contributed by atoms with Crippen LogP contribution in [0.1, 0.15) is 44.2 Å². The lowest BCUT2D eigenvalue weighted by atomic mass is 9.96. The Balaban J connectivity index is 1.98. The second-order valence-electron chi connectivity index (χ2n) is 5.30. The van der Waals surface area contributed by atoms with Crippen LogP contribution in [-0.4, -0.2) is 19.0 Å². The maximum absolute atomic E-state index is 12.3. The molecule has 2 N–H and O–H groups in total. The summed E-state index contributed by atoms with van der Waals surface area (Å²) in [4.78, 5) is 12.3. The highest BCUT2D eigenvalue weighted by molar-refractivity contribution is 5.79. The van der Waals surface area contributed by atoms with E-state index in [0.717, 1.165) is 38.8 Å². The van der Waals surface area contributed by atoms with E-state index in [0.29, 0.717) is 0 Å². The molecule has 3 heteroatoms. The van der Waals surface area contributed by atoms with Gasteiger partial charge in [-0.05, 0) is 31.4 Å². The van der Waals surface area contributed by atoms with Crippen molar-refractivity contribution in [3.8, 4) is 0 Å². The standard InChI is InChI=1S/C16H24N2O/c1-2-7-15(13-8-4-3-5-9-13)18-16(19)14-10-6-11-17-12-14/h3-5,8-9,14-15,17H,2,6-7,10-12H2,1H3,(H,18,19)/t14-,15?/m0/s1. The van der Waals surface area contributed by atoms with Crippen molar-refractivity contribution >= 4 is 5.91 Å². The molecule has 1 amide bonds. The van der Waals surface area contributed by atoms with Gasteiger partial charge < -0.3 is 10.6 Å². The van der Waals surface area contributed by atoms with Gasteiger partial charge in [0.2, 0.25) is 5.91 Å². The van der Waals surface area contributed by atoms with Gasteiger partial charge in [-0.25, -0.2) is 0 Å². The highest BCUT2D eigenvalue weighted by atomic mass is 16.2. The Morgan fingerprint density at radius 2 is 2.21 bits per heavy atom. The Morgan fingerprint density at radius 3 is 2.84 bits per heavy atom. The van der Waals surface area contributed by atoms with Crippen LogP contribution in [0.25, 0.3) is 0 Å². The summed E-state index contributed by atoms with van der Waals surface area (Å²) < 4.78 is 0. The van der Waals surface area contributed by atoms with Crippen molar-refractivity contribution < 1.29 is 4.79 Å². The zero-order valence-corrected chi connectivity index (χ0v) is 11.7. The largest absolute Gasteiger partial charge is 0.349 e. The molecule has 3 nitrogen and oxygen atoms in total. The van der Waals surface area contributed by atoms with Crippen LogP contribution in [0.15, 0.2) is 30.3 Å². The molecule has 0 aromatic heterocycles. The number of hydrogen-bond donors (Lipinski definition) is 2. The number of piperidine rings is 1. The molecule has 0 radical (unpaired) electrons. The summed E-state index contributed by atoms with van der Waals surface area (Å²) in [5, 5.41) is 6.52. The van der Waals surface area contributed by atoms with Crippen molar-refractivity contribution in [2.45, 2.75) is 38.6 Å². The first-order valence-corrected chi connectivity index (χ1v) is 7.37. The van der Waals surface area contributed by atoms with E-state index >= 15 is 0 Å². The fraction of sp³-hybridized carbons (Fsp3) is 0.562. The van der Waals surface area contributed by atoms with E-state index < -0.39 is 0 Å². The number of amides is 1. The van der Waals surface area contributed by atoms with E-state index in [9.17, 15) is 4.79 Å². The van der Waals surface area contributed by atoms with Gasteiger partial charge in [0.1, 0.15) is 0 Å². The molecule has 1 fully saturated rings. The molecule has 1 aliphatic rings. The molecular formula is C16H24N2O. The second kappa shape index (κ2) is 7.29. The lowest BCUT2D eigenvalue weighted by molar-refractivity contribution is -0.126. The molecule has 1 heterocycles. The van der Waals surface area contributed by atoms with Crippen LogP contribution >= 0.6 is 0 Å². The summed E-state index contributed by atoms with van der Waals surface area (Å²) in [5.41, 5.74) is 1.21. The molecule has 0 aliphatic carbocycles. The van der Waals surface area contributed by atoms with Gasteiger partial charge in [0.25, 0.3) is 0 Å². The minimum atomic E-state index is 0.136. The number of carbonyl (C=O) groups is 1. The molecule has 1 aromatic rings. The molecule has 1 saturated heterocycles. The van der Waals surface area contributed by atoms with Crippen molar-refractivity contribution in [3.63, 3.8) is 0 Å². The summed E-state index contributed by atoms with van der Waals surface area (Å²) in [5.74, 6) is 0.339. The number of nitrogens with one attached hydrogen (secondary N) is 2. The number of rotatable bonds is 5. The molecule has 104 valence electrons.